The number of benzene rings is 1. The topological polar surface area (TPSA) is 58.6 Å². The largest absolute Gasteiger partial charge is 0.490 e. The molecule has 5 nitrogen and oxygen atoms in total. The van der Waals surface area contributed by atoms with Crippen molar-refractivity contribution < 1.29 is 14.3 Å². The van der Waals surface area contributed by atoms with Crippen LogP contribution in [0.2, 0.25) is 5.02 Å². The molecule has 0 saturated carbocycles. The molecule has 6 heteroatoms. The lowest BCUT2D eigenvalue weighted by Crippen LogP contribution is -2.31. The lowest BCUT2D eigenvalue weighted by atomic mass is 10.2. The van der Waals surface area contributed by atoms with Crippen LogP contribution in [0.1, 0.15) is 10.4 Å². The number of hydrogen-bond donors (Lipinski definition) is 1. The maximum Gasteiger partial charge on any atom is 0.317 e. The predicted octanol–water partition coefficient (Wildman–Crippen LogP) is 1.56. The minimum atomic E-state index is -0.0685. The highest BCUT2D eigenvalue weighted by molar-refractivity contribution is 6.32. The Morgan fingerprint density at radius 2 is 2.33 bits per heavy atom. The molecular formula is C12H13ClN2O3. The standard InChI is InChI=1S/C12H13ClN2O3/c13-10-7-9(8-16)1-2-11(10)18-6-5-15-4-3-14-12(15)17/h1-2,7-8H,3-6H2,(H,14,17). The molecule has 18 heavy (non-hydrogen) atoms. The molecule has 1 aromatic carbocycles. The molecule has 1 saturated heterocycles. The van der Waals surface area contributed by atoms with Crippen molar-refractivity contribution >= 4 is 23.9 Å². The molecule has 0 bridgehead atoms. The summed E-state index contributed by atoms with van der Waals surface area (Å²) >= 11 is 5.96. The second-order valence-corrected chi connectivity index (χ2v) is 4.28. The Hall–Kier alpha value is -1.75. The van der Waals surface area contributed by atoms with Gasteiger partial charge < -0.3 is 15.0 Å². The molecule has 1 aliphatic rings. The van der Waals surface area contributed by atoms with E-state index in [4.69, 9.17) is 16.3 Å². The van der Waals surface area contributed by atoms with Gasteiger partial charge >= 0.3 is 6.03 Å². The van der Waals surface area contributed by atoms with Gasteiger partial charge in [-0.2, -0.15) is 0 Å². The number of urea groups is 1. The number of carbonyl (C=O) groups excluding carboxylic acids is 2. The first kappa shape index (κ1) is 12.7. The van der Waals surface area contributed by atoms with Gasteiger partial charge in [0.2, 0.25) is 0 Å². The summed E-state index contributed by atoms with van der Waals surface area (Å²) in [6, 6.07) is 4.76. The molecule has 96 valence electrons. The van der Waals surface area contributed by atoms with Gasteiger partial charge in [0, 0.05) is 18.7 Å². The highest BCUT2D eigenvalue weighted by Gasteiger charge is 2.18. The Labute approximate surface area is 110 Å². The fourth-order valence-electron chi connectivity index (χ4n) is 1.70. The van der Waals surface area contributed by atoms with Crippen LogP contribution in [0, 0.1) is 0 Å². The highest BCUT2D eigenvalue weighted by Crippen LogP contribution is 2.24. The monoisotopic (exact) mass is 268 g/mol. The molecule has 1 aliphatic heterocycles. The lowest BCUT2D eigenvalue weighted by Gasteiger charge is -2.15. The van der Waals surface area contributed by atoms with E-state index < -0.39 is 0 Å². The van der Waals surface area contributed by atoms with Gasteiger partial charge in [0.05, 0.1) is 11.6 Å². The SMILES string of the molecule is O=Cc1ccc(OCCN2CCNC2=O)c(Cl)c1. The smallest absolute Gasteiger partial charge is 0.317 e. The van der Waals surface area contributed by atoms with E-state index in [9.17, 15) is 9.59 Å². The first-order valence-corrected chi connectivity index (χ1v) is 5.99. The van der Waals surface area contributed by atoms with Gasteiger partial charge in [0.15, 0.2) is 0 Å². The molecular weight excluding hydrogens is 256 g/mol. The van der Waals surface area contributed by atoms with Crippen LogP contribution in [-0.4, -0.2) is 43.5 Å². The average molecular weight is 269 g/mol. The summed E-state index contributed by atoms with van der Waals surface area (Å²) in [4.78, 5) is 23.5. The molecule has 1 fully saturated rings. The molecule has 0 aliphatic carbocycles. The molecule has 0 radical (unpaired) electrons. The molecule has 1 heterocycles. The van der Waals surface area contributed by atoms with Gasteiger partial charge in [-0.3, -0.25) is 4.79 Å². The third-order valence-corrected chi connectivity index (χ3v) is 2.95. The van der Waals surface area contributed by atoms with Crippen LogP contribution in [0.4, 0.5) is 4.79 Å². The molecule has 0 spiro atoms. The van der Waals surface area contributed by atoms with Crippen LogP contribution in [0.5, 0.6) is 5.75 Å². The lowest BCUT2D eigenvalue weighted by molar-refractivity contribution is 0.112. The third kappa shape index (κ3) is 2.92. The summed E-state index contributed by atoms with van der Waals surface area (Å²) in [5, 5.41) is 3.11. The van der Waals surface area contributed by atoms with Crippen molar-refractivity contribution in [1.82, 2.24) is 10.2 Å². The van der Waals surface area contributed by atoms with Crippen molar-refractivity contribution in [1.29, 1.82) is 0 Å². The normalized spacial score (nSPS) is 14.5. The number of halogens is 1. The van der Waals surface area contributed by atoms with Crippen LogP contribution in [0.3, 0.4) is 0 Å². The van der Waals surface area contributed by atoms with Crippen molar-refractivity contribution in [2.45, 2.75) is 0 Å². The van der Waals surface area contributed by atoms with Gasteiger partial charge in [-0.25, -0.2) is 4.79 Å². The second-order valence-electron chi connectivity index (χ2n) is 3.88. The van der Waals surface area contributed by atoms with Crippen LogP contribution >= 0.6 is 11.6 Å². The van der Waals surface area contributed by atoms with E-state index in [1.54, 1.807) is 23.1 Å². The van der Waals surface area contributed by atoms with E-state index in [0.717, 1.165) is 6.29 Å². The fraction of sp³-hybridized carbons (Fsp3) is 0.333. The van der Waals surface area contributed by atoms with E-state index in [2.05, 4.69) is 5.32 Å². The summed E-state index contributed by atoms with van der Waals surface area (Å²) in [5.41, 5.74) is 0.506. The maximum atomic E-state index is 11.3. The summed E-state index contributed by atoms with van der Waals surface area (Å²) < 4.78 is 5.48. The van der Waals surface area contributed by atoms with Gasteiger partial charge in [-0.05, 0) is 18.2 Å². The number of amides is 2. The Morgan fingerprint density at radius 3 is 2.94 bits per heavy atom. The van der Waals surface area contributed by atoms with Crippen molar-refractivity contribution in [3.63, 3.8) is 0 Å². The number of aldehydes is 1. The predicted molar refractivity (Wildman–Crippen MR) is 67.3 cm³/mol. The van der Waals surface area contributed by atoms with Gasteiger partial charge in [-0.15, -0.1) is 0 Å². The molecule has 0 unspecified atom stereocenters. The van der Waals surface area contributed by atoms with Gasteiger partial charge in [0.25, 0.3) is 0 Å². The minimum absolute atomic E-state index is 0.0685. The van der Waals surface area contributed by atoms with E-state index in [1.165, 1.54) is 0 Å². The van der Waals surface area contributed by atoms with Crippen molar-refractivity contribution in [3.05, 3.63) is 28.8 Å². The Kier molecular flexibility index (Phi) is 4.04. The van der Waals surface area contributed by atoms with Crippen molar-refractivity contribution in [2.24, 2.45) is 0 Å². The number of nitrogens with zero attached hydrogens (tertiary/aromatic N) is 1. The van der Waals surface area contributed by atoms with Crippen LogP contribution in [-0.2, 0) is 0 Å². The van der Waals surface area contributed by atoms with E-state index in [1.807, 2.05) is 0 Å². The quantitative estimate of drug-likeness (QED) is 0.825. The summed E-state index contributed by atoms with van der Waals surface area (Å²) in [5.74, 6) is 0.516. The average Bonchev–Trinajstić information content (AvgIpc) is 2.77. The highest BCUT2D eigenvalue weighted by atomic mass is 35.5. The van der Waals surface area contributed by atoms with Gasteiger partial charge in [0.1, 0.15) is 18.6 Å². The first-order valence-electron chi connectivity index (χ1n) is 5.61. The molecule has 0 aromatic heterocycles. The van der Waals surface area contributed by atoms with Gasteiger partial charge in [-0.1, -0.05) is 11.6 Å². The number of ether oxygens (including phenoxy) is 1. The number of hydrogen-bond acceptors (Lipinski definition) is 3. The molecule has 2 rings (SSSR count). The Bertz CT molecular complexity index is 465. The summed E-state index contributed by atoms with van der Waals surface area (Å²) in [7, 11) is 0. The molecule has 2 amide bonds. The van der Waals surface area contributed by atoms with Crippen molar-refractivity contribution in [3.8, 4) is 5.75 Å². The number of rotatable bonds is 5. The van der Waals surface area contributed by atoms with Crippen LogP contribution in [0.15, 0.2) is 18.2 Å². The van der Waals surface area contributed by atoms with E-state index in [-0.39, 0.29) is 6.03 Å². The fourth-order valence-corrected chi connectivity index (χ4v) is 1.94. The maximum absolute atomic E-state index is 11.3. The zero-order valence-electron chi connectivity index (χ0n) is 9.69. The first-order chi connectivity index (χ1) is 8.70. The Morgan fingerprint density at radius 1 is 1.50 bits per heavy atom. The molecule has 1 aromatic rings. The van der Waals surface area contributed by atoms with E-state index in [0.29, 0.717) is 42.6 Å². The second kappa shape index (κ2) is 5.73. The summed E-state index contributed by atoms with van der Waals surface area (Å²) in [6.07, 6.45) is 0.726. The third-order valence-electron chi connectivity index (χ3n) is 2.66. The van der Waals surface area contributed by atoms with Crippen LogP contribution in [0.25, 0.3) is 0 Å². The summed E-state index contributed by atoms with van der Waals surface area (Å²) in [6.45, 7) is 2.25. The number of nitrogens with one attached hydrogen (secondary N) is 1. The van der Waals surface area contributed by atoms with Crippen LogP contribution < -0.4 is 10.1 Å². The zero-order valence-corrected chi connectivity index (χ0v) is 10.4. The Balaban J connectivity index is 1.86. The van der Waals surface area contributed by atoms with E-state index >= 15 is 0 Å². The zero-order chi connectivity index (χ0) is 13.0. The minimum Gasteiger partial charge on any atom is -0.490 e. The molecule has 1 N–H and O–H groups in total. The van der Waals surface area contributed by atoms with Crippen molar-refractivity contribution in [2.75, 3.05) is 26.2 Å². The molecule has 0 atom stereocenters. The number of carbonyl (C=O) groups is 2.